The van der Waals surface area contributed by atoms with Crippen molar-refractivity contribution in [1.82, 2.24) is 14.8 Å². The Balaban J connectivity index is 1.35. The number of rotatable bonds is 4. The molecule has 2 aliphatic rings. The van der Waals surface area contributed by atoms with Crippen molar-refractivity contribution in [3.05, 3.63) is 41.3 Å². The molecule has 2 saturated heterocycles. The smallest absolute Gasteiger partial charge is 0.226 e. The van der Waals surface area contributed by atoms with Gasteiger partial charge in [-0.05, 0) is 58.2 Å². The molecule has 5 heteroatoms. The lowest BCUT2D eigenvalue weighted by Crippen LogP contribution is -2.49. The molecular formula is C22H31N3O2. The Labute approximate surface area is 162 Å². The van der Waals surface area contributed by atoms with E-state index >= 15 is 0 Å². The van der Waals surface area contributed by atoms with Crippen LogP contribution in [0.4, 0.5) is 0 Å². The van der Waals surface area contributed by atoms with Crippen LogP contribution in [0.3, 0.4) is 0 Å². The second-order valence-electron chi connectivity index (χ2n) is 8.19. The van der Waals surface area contributed by atoms with Gasteiger partial charge in [-0.1, -0.05) is 17.7 Å². The van der Waals surface area contributed by atoms with Crippen LogP contribution in [0.15, 0.2) is 28.7 Å². The molecule has 0 amide bonds. The van der Waals surface area contributed by atoms with Crippen molar-refractivity contribution in [1.29, 1.82) is 0 Å². The van der Waals surface area contributed by atoms with Gasteiger partial charge in [-0.15, -0.1) is 0 Å². The van der Waals surface area contributed by atoms with Gasteiger partial charge in [0, 0.05) is 37.8 Å². The lowest BCUT2D eigenvalue weighted by atomic mass is 9.99. The first-order valence-corrected chi connectivity index (χ1v) is 10.3. The largest absolute Gasteiger partial charge is 0.441 e. The molecule has 0 aliphatic carbocycles. The highest BCUT2D eigenvalue weighted by Gasteiger charge is 2.28. The summed E-state index contributed by atoms with van der Waals surface area (Å²) in [6.45, 7) is 9.13. The summed E-state index contributed by atoms with van der Waals surface area (Å²) in [5.74, 6) is 1.65. The summed E-state index contributed by atoms with van der Waals surface area (Å²) < 4.78 is 5.95. The first-order valence-electron chi connectivity index (χ1n) is 10.3. The first-order chi connectivity index (χ1) is 13.1. The summed E-state index contributed by atoms with van der Waals surface area (Å²) in [6, 6.07) is 8.93. The third-order valence-corrected chi connectivity index (χ3v) is 6.03. The Morgan fingerprint density at radius 1 is 1.15 bits per heavy atom. The normalized spacial score (nSPS) is 23.0. The van der Waals surface area contributed by atoms with Crippen LogP contribution in [0.2, 0.25) is 0 Å². The monoisotopic (exact) mass is 369 g/mol. The fourth-order valence-electron chi connectivity index (χ4n) is 4.45. The van der Waals surface area contributed by atoms with Gasteiger partial charge in [0.05, 0.1) is 11.8 Å². The second-order valence-corrected chi connectivity index (χ2v) is 8.19. The van der Waals surface area contributed by atoms with E-state index in [0.717, 1.165) is 68.5 Å². The minimum Gasteiger partial charge on any atom is -0.441 e. The maximum absolute atomic E-state index is 9.93. The van der Waals surface area contributed by atoms with E-state index < -0.39 is 0 Å². The summed E-state index contributed by atoms with van der Waals surface area (Å²) in [5.41, 5.74) is 3.32. The van der Waals surface area contributed by atoms with Gasteiger partial charge in [-0.3, -0.25) is 9.80 Å². The van der Waals surface area contributed by atoms with E-state index in [0.29, 0.717) is 6.04 Å². The van der Waals surface area contributed by atoms with Crippen LogP contribution in [-0.4, -0.2) is 58.2 Å². The zero-order valence-electron chi connectivity index (χ0n) is 16.5. The van der Waals surface area contributed by atoms with Gasteiger partial charge in [0.15, 0.2) is 0 Å². The predicted octanol–water partition coefficient (Wildman–Crippen LogP) is 3.38. The summed E-state index contributed by atoms with van der Waals surface area (Å²) in [5, 5.41) is 9.93. The number of likely N-dealkylation sites (tertiary alicyclic amines) is 2. The van der Waals surface area contributed by atoms with Crippen LogP contribution in [0, 0.1) is 13.8 Å². The Kier molecular flexibility index (Phi) is 5.62. The Bertz CT molecular complexity index is 765. The minimum atomic E-state index is -0.130. The van der Waals surface area contributed by atoms with Gasteiger partial charge in [0.25, 0.3) is 0 Å². The zero-order valence-corrected chi connectivity index (χ0v) is 16.5. The fourth-order valence-corrected chi connectivity index (χ4v) is 4.45. The summed E-state index contributed by atoms with van der Waals surface area (Å²) in [4.78, 5) is 9.77. The molecule has 146 valence electrons. The number of aryl methyl sites for hydroxylation is 2. The van der Waals surface area contributed by atoms with Gasteiger partial charge in [0.1, 0.15) is 5.76 Å². The van der Waals surface area contributed by atoms with E-state index in [9.17, 15) is 5.11 Å². The highest BCUT2D eigenvalue weighted by atomic mass is 16.4. The van der Waals surface area contributed by atoms with Crippen molar-refractivity contribution in [3.63, 3.8) is 0 Å². The molecule has 2 aliphatic heterocycles. The predicted molar refractivity (Wildman–Crippen MR) is 107 cm³/mol. The Hall–Kier alpha value is -1.69. The minimum absolute atomic E-state index is 0.130. The van der Waals surface area contributed by atoms with Crippen molar-refractivity contribution in [2.24, 2.45) is 0 Å². The van der Waals surface area contributed by atoms with Gasteiger partial charge in [-0.2, -0.15) is 0 Å². The van der Waals surface area contributed by atoms with E-state index in [1.54, 1.807) is 0 Å². The molecule has 2 aromatic rings. The number of piperidine rings is 2. The van der Waals surface area contributed by atoms with Crippen LogP contribution in [0.25, 0.3) is 11.5 Å². The van der Waals surface area contributed by atoms with Gasteiger partial charge in [-0.25, -0.2) is 4.98 Å². The van der Waals surface area contributed by atoms with Crippen molar-refractivity contribution in [3.8, 4) is 11.5 Å². The molecule has 0 unspecified atom stereocenters. The SMILES string of the molecule is Cc1cccc(-c2nc(CN3CCC(N4CCC[C@@H](O)C4)CC3)c(C)o2)c1. The summed E-state index contributed by atoms with van der Waals surface area (Å²) >= 11 is 0. The lowest BCUT2D eigenvalue weighted by Gasteiger charge is -2.41. The van der Waals surface area contributed by atoms with Crippen LogP contribution < -0.4 is 0 Å². The number of nitrogens with zero attached hydrogens (tertiary/aromatic N) is 3. The van der Waals surface area contributed by atoms with Crippen LogP contribution in [-0.2, 0) is 6.54 Å². The van der Waals surface area contributed by atoms with Crippen molar-refractivity contribution < 1.29 is 9.52 Å². The highest BCUT2D eigenvalue weighted by molar-refractivity contribution is 5.54. The number of aliphatic hydroxyl groups excluding tert-OH is 1. The molecule has 0 radical (unpaired) electrons. The van der Waals surface area contributed by atoms with Crippen LogP contribution in [0.5, 0.6) is 0 Å². The van der Waals surface area contributed by atoms with E-state index in [1.807, 2.05) is 13.0 Å². The molecule has 4 rings (SSSR count). The third kappa shape index (κ3) is 4.42. The molecule has 1 aromatic carbocycles. The van der Waals surface area contributed by atoms with Crippen LogP contribution in [0.1, 0.15) is 42.7 Å². The average Bonchev–Trinajstić information content (AvgIpc) is 3.03. The number of β-amino-alcohol motifs (C(OH)–C–C–N with tert-alkyl or cyclic N) is 1. The van der Waals surface area contributed by atoms with E-state index in [4.69, 9.17) is 9.40 Å². The number of aromatic nitrogens is 1. The second kappa shape index (κ2) is 8.13. The standard InChI is InChI=1S/C22H31N3O2/c1-16-5-3-6-18(13-16)22-23-21(17(2)27-22)15-24-11-8-19(9-12-24)25-10-4-7-20(26)14-25/h3,5-6,13,19-20,26H,4,7-12,14-15H2,1-2H3/t20-/m1/s1. The molecule has 1 atom stereocenters. The molecule has 2 fully saturated rings. The zero-order chi connectivity index (χ0) is 18.8. The number of aliphatic hydroxyl groups is 1. The highest BCUT2D eigenvalue weighted by Crippen LogP contribution is 2.25. The molecule has 3 heterocycles. The first kappa shape index (κ1) is 18.7. The van der Waals surface area contributed by atoms with Crippen molar-refractivity contribution >= 4 is 0 Å². The molecular weight excluding hydrogens is 338 g/mol. The van der Waals surface area contributed by atoms with Gasteiger partial charge in [0.2, 0.25) is 5.89 Å². The molecule has 1 N–H and O–H groups in total. The van der Waals surface area contributed by atoms with E-state index in [-0.39, 0.29) is 6.10 Å². The lowest BCUT2D eigenvalue weighted by molar-refractivity contribution is 0.0242. The van der Waals surface area contributed by atoms with Crippen molar-refractivity contribution in [2.45, 2.75) is 58.2 Å². The molecule has 0 saturated carbocycles. The average molecular weight is 370 g/mol. The summed E-state index contributed by atoms with van der Waals surface area (Å²) in [6.07, 6.45) is 4.31. The maximum atomic E-state index is 9.93. The number of hydrogen-bond acceptors (Lipinski definition) is 5. The van der Waals surface area contributed by atoms with E-state index in [2.05, 4.69) is 34.9 Å². The Morgan fingerprint density at radius 3 is 2.70 bits per heavy atom. The topological polar surface area (TPSA) is 52.7 Å². The number of hydrogen-bond donors (Lipinski definition) is 1. The fraction of sp³-hybridized carbons (Fsp3) is 0.591. The quantitative estimate of drug-likeness (QED) is 0.895. The summed E-state index contributed by atoms with van der Waals surface area (Å²) in [7, 11) is 0. The van der Waals surface area contributed by atoms with Gasteiger partial charge < -0.3 is 9.52 Å². The van der Waals surface area contributed by atoms with E-state index in [1.165, 1.54) is 18.4 Å². The van der Waals surface area contributed by atoms with Gasteiger partial charge >= 0.3 is 0 Å². The molecule has 0 spiro atoms. The molecule has 0 bridgehead atoms. The molecule has 5 nitrogen and oxygen atoms in total. The Morgan fingerprint density at radius 2 is 1.96 bits per heavy atom. The van der Waals surface area contributed by atoms with Crippen molar-refractivity contribution in [2.75, 3.05) is 26.2 Å². The van der Waals surface area contributed by atoms with Crippen LogP contribution >= 0.6 is 0 Å². The maximum Gasteiger partial charge on any atom is 0.226 e. The number of benzene rings is 1. The third-order valence-electron chi connectivity index (χ3n) is 6.03. The number of oxazole rings is 1. The molecule has 27 heavy (non-hydrogen) atoms. The molecule has 1 aromatic heterocycles.